The second kappa shape index (κ2) is 11.2. The van der Waals surface area contributed by atoms with Crippen LogP contribution in [0.25, 0.3) is 88.0 Å². The summed E-state index contributed by atoms with van der Waals surface area (Å²) in [6, 6.07) is 67.0. The summed E-state index contributed by atoms with van der Waals surface area (Å²) in [5.41, 5.74) is 15.7. The minimum Gasteiger partial charge on any atom is -0.0622 e. The number of hydrogen-bond acceptors (Lipinski definition) is 0. The van der Waals surface area contributed by atoms with Gasteiger partial charge in [0.15, 0.2) is 0 Å². The summed E-state index contributed by atoms with van der Waals surface area (Å²) >= 11 is 0. The molecule has 228 valence electrons. The number of fused-ring (bicyclic) bond motifs is 9. The van der Waals surface area contributed by atoms with E-state index in [0.29, 0.717) is 0 Å². The van der Waals surface area contributed by atoms with E-state index in [2.05, 4.69) is 182 Å². The van der Waals surface area contributed by atoms with Crippen LogP contribution in [0.2, 0.25) is 0 Å². The van der Waals surface area contributed by atoms with E-state index in [0.717, 1.165) is 6.42 Å². The first-order chi connectivity index (χ1) is 24.3. The molecule has 9 aromatic carbocycles. The fourth-order valence-corrected chi connectivity index (χ4v) is 8.20. The van der Waals surface area contributed by atoms with E-state index < -0.39 is 0 Å². The Labute approximate surface area is 286 Å². The first-order valence-corrected chi connectivity index (χ1v) is 17.1. The summed E-state index contributed by atoms with van der Waals surface area (Å²) in [6.07, 6.45) is 0.927. The standard InChI is InChI=1S/C49H32/c1-2-11-32(12-3-1)33-23-25-34(26-24-33)38-19-9-21-44-45-22-10-20-39(49(45)31-48(38)44)37-14-8-13-35(29-37)36-27-28-46-42-17-5-4-15-40(42)41-16-6-7-18-43(41)47(46)30-36/h1-30H,31H2. The van der Waals surface area contributed by atoms with Gasteiger partial charge < -0.3 is 0 Å². The van der Waals surface area contributed by atoms with Crippen LogP contribution in [-0.2, 0) is 6.42 Å². The van der Waals surface area contributed by atoms with Gasteiger partial charge in [-0.3, -0.25) is 0 Å². The molecule has 0 saturated heterocycles. The summed E-state index contributed by atoms with van der Waals surface area (Å²) in [5, 5.41) is 7.84. The zero-order valence-electron chi connectivity index (χ0n) is 27.0. The summed E-state index contributed by atoms with van der Waals surface area (Å²) in [6.45, 7) is 0. The molecule has 0 unspecified atom stereocenters. The van der Waals surface area contributed by atoms with Crippen molar-refractivity contribution in [3.8, 4) is 55.6 Å². The second-order valence-electron chi connectivity index (χ2n) is 13.2. The molecule has 0 N–H and O–H groups in total. The highest BCUT2D eigenvalue weighted by Crippen LogP contribution is 2.46. The van der Waals surface area contributed by atoms with Crippen molar-refractivity contribution in [2.75, 3.05) is 0 Å². The van der Waals surface area contributed by atoms with Gasteiger partial charge in [-0.2, -0.15) is 0 Å². The molecule has 1 aliphatic rings. The summed E-state index contributed by atoms with van der Waals surface area (Å²) in [4.78, 5) is 0. The third-order valence-corrected chi connectivity index (χ3v) is 10.5. The fraction of sp³-hybridized carbons (Fsp3) is 0.0204. The Kier molecular flexibility index (Phi) is 6.35. The SMILES string of the molecule is c1ccc(-c2ccc(-c3cccc4c3Cc3c(-c5cccc(-c6ccc7c8ccccc8c8ccccc8c7c6)c5)cccc3-4)cc2)cc1. The van der Waals surface area contributed by atoms with Crippen LogP contribution in [0.3, 0.4) is 0 Å². The number of benzene rings is 9. The van der Waals surface area contributed by atoms with Gasteiger partial charge in [0.2, 0.25) is 0 Å². The third-order valence-electron chi connectivity index (χ3n) is 10.5. The van der Waals surface area contributed by atoms with E-state index in [1.54, 1.807) is 0 Å². The lowest BCUT2D eigenvalue weighted by Gasteiger charge is -2.13. The predicted molar refractivity (Wildman–Crippen MR) is 209 cm³/mol. The monoisotopic (exact) mass is 620 g/mol. The van der Waals surface area contributed by atoms with Crippen molar-refractivity contribution >= 4 is 32.3 Å². The van der Waals surface area contributed by atoms with Crippen LogP contribution >= 0.6 is 0 Å². The van der Waals surface area contributed by atoms with Crippen molar-refractivity contribution in [2.24, 2.45) is 0 Å². The molecule has 0 heteroatoms. The molecule has 0 bridgehead atoms. The van der Waals surface area contributed by atoms with Gasteiger partial charge in [0.05, 0.1) is 0 Å². The lowest BCUT2D eigenvalue weighted by molar-refractivity contribution is 1.26. The van der Waals surface area contributed by atoms with Crippen LogP contribution in [0.5, 0.6) is 0 Å². The molecule has 0 heterocycles. The van der Waals surface area contributed by atoms with Crippen molar-refractivity contribution in [1.82, 2.24) is 0 Å². The van der Waals surface area contributed by atoms with Gasteiger partial charge in [0.1, 0.15) is 0 Å². The van der Waals surface area contributed by atoms with E-state index in [1.807, 2.05) is 0 Å². The van der Waals surface area contributed by atoms with Gasteiger partial charge in [-0.15, -0.1) is 0 Å². The highest BCUT2D eigenvalue weighted by molar-refractivity contribution is 6.25. The Balaban J connectivity index is 1.04. The summed E-state index contributed by atoms with van der Waals surface area (Å²) < 4.78 is 0. The molecule has 0 radical (unpaired) electrons. The van der Waals surface area contributed by atoms with Crippen LogP contribution in [0.4, 0.5) is 0 Å². The van der Waals surface area contributed by atoms with Gasteiger partial charge in [-0.25, -0.2) is 0 Å². The fourth-order valence-electron chi connectivity index (χ4n) is 8.20. The molecule has 10 rings (SSSR count). The summed E-state index contributed by atoms with van der Waals surface area (Å²) in [5.74, 6) is 0. The Hall–Kier alpha value is -6.24. The molecule has 0 amide bonds. The largest absolute Gasteiger partial charge is 0.0622 e. The van der Waals surface area contributed by atoms with Crippen LogP contribution in [0.1, 0.15) is 11.1 Å². The van der Waals surface area contributed by atoms with E-state index in [1.165, 1.54) is 99.1 Å². The number of hydrogen-bond donors (Lipinski definition) is 0. The van der Waals surface area contributed by atoms with Crippen molar-refractivity contribution in [3.05, 3.63) is 193 Å². The molecular formula is C49H32. The van der Waals surface area contributed by atoms with Gasteiger partial charge in [0, 0.05) is 0 Å². The van der Waals surface area contributed by atoms with Crippen LogP contribution < -0.4 is 0 Å². The van der Waals surface area contributed by atoms with Gasteiger partial charge in [-0.05, 0) is 118 Å². The maximum Gasteiger partial charge on any atom is -0.000112 e. The van der Waals surface area contributed by atoms with E-state index in [-0.39, 0.29) is 0 Å². The lowest BCUT2D eigenvalue weighted by Crippen LogP contribution is -1.90. The quantitative estimate of drug-likeness (QED) is 0.172. The second-order valence-corrected chi connectivity index (χ2v) is 13.2. The molecule has 1 aliphatic carbocycles. The molecule has 0 saturated carbocycles. The first kappa shape index (κ1) is 27.8. The van der Waals surface area contributed by atoms with Crippen molar-refractivity contribution in [3.63, 3.8) is 0 Å². The van der Waals surface area contributed by atoms with Gasteiger partial charge >= 0.3 is 0 Å². The topological polar surface area (TPSA) is 0 Å². The Bertz CT molecular complexity index is 2680. The first-order valence-electron chi connectivity index (χ1n) is 17.1. The van der Waals surface area contributed by atoms with Crippen LogP contribution in [0.15, 0.2) is 182 Å². The molecule has 0 atom stereocenters. The van der Waals surface area contributed by atoms with Crippen molar-refractivity contribution < 1.29 is 0 Å². The predicted octanol–water partition coefficient (Wildman–Crippen LogP) is 13.4. The van der Waals surface area contributed by atoms with Crippen LogP contribution in [0, 0.1) is 0 Å². The molecular weight excluding hydrogens is 589 g/mol. The maximum atomic E-state index is 2.39. The molecule has 0 spiro atoms. The summed E-state index contributed by atoms with van der Waals surface area (Å²) in [7, 11) is 0. The Morgan fingerprint density at radius 2 is 0.633 bits per heavy atom. The zero-order chi connectivity index (χ0) is 32.3. The third kappa shape index (κ3) is 4.53. The zero-order valence-corrected chi connectivity index (χ0v) is 27.0. The van der Waals surface area contributed by atoms with Gasteiger partial charge in [0.25, 0.3) is 0 Å². The normalized spacial score (nSPS) is 12.0. The maximum absolute atomic E-state index is 2.39. The highest BCUT2D eigenvalue weighted by Gasteiger charge is 2.24. The van der Waals surface area contributed by atoms with Gasteiger partial charge in [-0.1, -0.05) is 170 Å². The van der Waals surface area contributed by atoms with Crippen molar-refractivity contribution in [2.45, 2.75) is 6.42 Å². The molecule has 0 fully saturated rings. The average Bonchev–Trinajstić information content (AvgIpc) is 3.58. The molecule has 49 heavy (non-hydrogen) atoms. The Morgan fingerprint density at radius 1 is 0.224 bits per heavy atom. The highest BCUT2D eigenvalue weighted by atomic mass is 14.3. The van der Waals surface area contributed by atoms with Crippen molar-refractivity contribution in [1.29, 1.82) is 0 Å². The molecule has 0 aliphatic heterocycles. The molecule has 9 aromatic rings. The van der Waals surface area contributed by atoms with E-state index in [9.17, 15) is 0 Å². The minimum atomic E-state index is 0.927. The number of rotatable bonds is 4. The average molecular weight is 621 g/mol. The van der Waals surface area contributed by atoms with Crippen LogP contribution in [-0.4, -0.2) is 0 Å². The minimum absolute atomic E-state index is 0.927. The lowest BCUT2D eigenvalue weighted by atomic mass is 9.90. The Morgan fingerprint density at radius 3 is 1.29 bits per heavy atom. The van der Waals surface area contributed by atoms with E-state index in [4.69, 9.17) is 0 Å². The molecule has 0 aromatic heterocycles. The smallest absolute Gasteiger partial charge is 0.000112 e. The molecule has 0 nitrogen and oxygen atoms in total. The van der Waals surface area contributed by atoms with E-state index >= 15 is 0 Å².